The second-order valence-electron chi connectivity index (χ2n) is 4.91. The molecule has 1 saturated heterocycles. The molecular weight excluding hydrogens is 216 g/mol. The predicted octanol–water partition coefficient (Wildman–Crippen LogP) is 3.46. The van der Waals surface area contributed by atoms with Crippen molar-refractivity contribution >= 4 is 5.97 Å². The van der Waals surface area contributed by atoms with Crippen LogP contribution in [0.1, 0.15) is 65.2 Å². The minimum atomic E-state index is -0.0827. The van der Waals surface area contributed by atoms with Crippen molar-refractivity contribution in [2.75, 3.05) is 6.61 Å². The molecule has 0 N–H and O–H groups in total. The fourth-order valence-corrected chi connectivity index (χ4v) is 2.19. The van der Waals surface area contributed by atoms with Gasteiger partial charge < -0.3 is 9.47 Å². The summed E-state index contributed by atoms with van der Waals surface area (Å²) in [6.45, 7) is 4.94. The van der Waals surface area contributed by atoms with Crippen LogP contribution in [0.4, 0.5) is 0 Å². The monoisotopic (exact) mass is 242 g/mol. The molecule has 17 heavy (non-hydrogen) atoms. The van der Waals surface area contributed by atoms with Crippen LogP contribution >= 0.6 is 0 Å². The molecule has 1 rings (SSSR count). The van der Waals surface area contributed by atoms with Crippen molar-refractivity contribution in [2.24, 2.45) is 0 Å². The van der Waals surface area contributed by atoms with E-state index in [-0.39, 0.29) is 18.2 Å². The number of carbonyl (C=O) groups is 1. The molecule has 1 heterocycles. The third-order valence-corrected chi connectivity index (χ3v) is 3.29. The van der Waals surface area contributed by atoms with Gasteiger partial charge in [-0.2, -0.15) is 0 Å². The van der Waals surface area contributed by atoms with Crippen molar-refractivity contribution in [3.8, 4) is 0 Å². The van der Waals surface area contributed by atoms with E-state index >= 15 is 0 Å². The largest absolute Gasteiger partial charge is 0.460 e. The van der Waals surface area contributed by atoms with E-state index in [1.165, 1.54) is 19.3 Å². The molecule has 2 unspecified atom stereocenters. The van der Waals surface area contributed by atoms with Gasteiger partial charge in [0.15, 0.2) is 0 Å². The van der Waals surface area contributed by atoms with Crippen molar-refractivity contribution in [3.63, 3.8) is 0 Å². The number of carbonyl (C=O) groups excluding carboxylic acids is 1. The van der Waals surface area contributed by atoms with Crippen LogP contribution < -0.4 is 0 Å². The van der Waals surface area contributed by atoms with Crippen molar-refractivity contribution in [3.05, 3.63) is 0 Å². The van der Waals surface area contributed by atoms with Crippen LogP contribution in [0.3, 0.4) is 0 Å². The summed E-state index contributed by atoms with van der Waals surface area (Å²) in [5, 5.41) is 0. The standard InChI is InChI=1S/C14H26O3/c1-3-4-5-6-7-10-14(15)17-12(2)13-9-8-11-16-13/h12-13H,3-11H2,1-2H3. The van der Waals surface area contributed by atoms with E-state index in [1.54, 1.807) is 0 Å². The van der Waals surface area contributed by atoms with Gasteiger partial charge in [-0.1, -0.05) is 32.6 Å². The zero-order valence-corrected chi connectivity index (χ0v) is 11.2. The lowest BCUT2D eigenvalue weighted by Crippen LogP contribution is -2.27. The fraction of sp³-hybridized carbons (Fsp3) is 0.929. The molecule has 0 amide bonds. The SMILES string of the molecule is CCCCCCCC(=O)OC(C)C1CCCO1. The van der Waals surface area contributed by atoms with Gasteiger partial charge in [-0.05, 0) is 26.2 Å². The maximum Gasteiger partial charge on any atom is 0.306 e. The molecule has 0 radical (unpaired) electrons. The third-order valence-electron chi connectivity index (χ3n) is 3.29. The second-order valence-corrected chi connectivity index (χ2v) is 4.91. The normalized spacial score (nSPS) is 21.4. The zero-order chi connectivity index (χ0) is 12.5. The van der Waals surface area contributed by atoms with Crippen molar-refractivity contribution in [1.29, 1.82) is 0 Å². The summed E-state index contributed by atoms with van der Waals surface area (Å²) < 4.78 is 10.9. The first-order valence-corrected chi connectivity index (χ1v) is 7.05. The van der Waals surface area contributed by atoms with Gasteiger partial charge in [0.05, 0.1) is 6.10 Å². The molecule has 1 aliphatic heterocycles. The predicted molar refractivity (Wildman–Crippen MR) is 67.9 cm³/mol. The van der Waals surface area contributed by atoms with Crippen molar-refractivity contribution in [2.45, 2.75) is 77.4 Å². The Labute approximate surface area is 105 Å². The Hall–Kier alpha value is -0.570. The Kier molecular flexibility index (Phi) is 7.25. The highest BCUT2D eigenvalue weighted by Crippen LogP contribution is 2.18. The van der Waals surface area contributed by atoms with Crippen LogP contribution in [0.25, 0.3) is 0 Å². The molecule has 0 aliphatic carbocycles. The Bertz CT molecular complexity index is 210. The van der Waals surface area contributed by atoms with Gasteiger partial charge in [-0.15, -0.1) is 0 Å². The molecule has 0 spiro atoms. The minimum absolute atomic E-state index is 0.0653. The first-order valence-electron chi connectivity index (χ1n) is 7.05. The summed E-state index contributed by atoms with van der Waals surface area (Å²) in [7, 11) is 0. The van der Waals surface area contributed by atoms with E-state index in [2.05, 4.69) is 6.92 Å². The molecule has 3 heteroatoms. The van der Waals surface area contributed by atoms with Gasteiger partial charge in [0.2, 0.25) is 0 Å². The summed E-state index contributed by atoms with van der Waals surface area (Å²) in [6, 6.07) is 0. The molecule has 2 atom stereocenters. The molecule has 100 valence electrons. The summed E-state index contributed by atoms with van der Waals surface area (Å²) in [5.41, 5.74) is 0. The smallest absolute Gasteiger partial charge is 0.306 e. The highest BCUT2D eigenvalue weighted by Gasteiger charge is 2.24. The van der Waals surface area contributed by atoms with E-state index in [9.17, 15) is 4.79 Å². The Morgan fingerprint density at radius 2 is 2.12 bits per heavy atom. The average molecular weight is 242 g/mol. The lowest BCUT2D eigenvalue weighted by molar-refractivity contribution is -0.154. The van der Waals surface area contributed by atoms with Gasteiger partial charge in [-0.25, -0.2) is 0 Å². The quantitative estimate of drug-likeness (QED) is 0.483. The number of rotatable bonds is 8. The van der Waals surface area contributed by atoms with Gasteiger partial charge in [0.1, 0.15) is 6.10 Å². The molecule has 3 nitrogen and oxygen atoms in total. The van der Waals surface area contributed by atoms with Gasteiger partial charge in [0.25, 0.3) is 0 Å². The number of hydrogen-bond acceptors (Lipinski definition) is 3. The molecular formula is C14H26O3. The summed E-state index contributed by atoms with van der Waals surface area (Å²) in [5.74, 6) is -0.0653. The average Bonchev–Trinajstić information content (AvgIpc) is 2.82. The zero-order valence-electron chi connectivity index (χ0n) is 11.2. The van der Waals surface area contributed by atoms with E-state index in [0.29, 0.717) is 6.42 Å². The number of esters is 1. The van der Waals surface area contributed by atoms with Crippen LogP contribution in [0, 0.1) is 0 Å². The van der Waals surface area contributed by atoms with E-state index < -0.39 is 0 Å². The molecule has 0 saturated carbocycles. The highest BCUT2D eigenvalue weighted by atomic mass is 16.6. The second kappa shape index (κ2) is 8.51. The topological polar surface area (TPSA) is 35.5 Å². The van der Waals surface area contributed by atoms with Gasteiger partial charge in [-0.3, -0.25) is 4.79 Å². The van der Waals surface area contributed by atoms with Crippen LogP contribution in [-0.4, -0.2) is 24.8 Å². The third kappa shape index (κ3) is 6.06. The summed E-state index contributed by atoms with van der Waals surface area (Å²) >= 11 is 0. The minimum Gasteiger partial charge on any atom is -0.460 e. The Morgan fingerprint density at radius 3 is 2.76 bits per heavy atom. The summed E-state index contributed by atoms with van der Waals surface area (Å²) in [4.78, 5) is 11.6. The lowest BCUT2D eigenvalue weighted by Gasteiger charge is -2.18. The Balaban J connectivity index is 2.03. The molecule has 1 fully saturated rings. The first-order chi connectivity index (χ1) is 8.24. The molecule has 0 aromatic carbocycles. The molecule has 0 aromatic rings. The van der Waals surface area contributed by atoms with Crippen LogP contribution in [0.5, 0.6) is 0 Å². The molecule has 1 aliphatic rings. The number of ether oxygens (including phenoxy) is 2. The molecule has 0 bridgehead atoms. The van der Waals surface area contributed by atoms with Crippen LogP contribution in [-0.2, 0) is 14.3 Å². The number of hydrogen-bond donors (Lipinski definition) is 0. The van der Waals surface area contributed by atoms with Crippen molar-refractivity contribution < 1.29 is 14.3 Å². The first kappa shape index (κ1) is 14.5. The number of unbranched alkanes of at least 4 members (excludes halogenated alkanes) is 4. The maximum absolute atomic E-state index is 11.6. The van der Waals surface area contributed by atoms with E-state index in [0.717, 1.165) is 32.3 Å². The lowest BCUT2D eigenvalue weighted by atomic mass is 10.1. The molecule has 0 aromatic heterocycles. The Morgan fingerprint density at radius 1 is 1.35 bits per heavy atom. The van der Waals surface area contributed by atoms with E-state index in [1.807, 2.05) is 6.92 Å². The van der Waals surface area contributed by atoms with Gasteiger partial charge >= 0.3 is 5.97 Å². The maximum atomic E-state index is 11.6. The van der Waals surface area contributed by atoms with E-state index in [4.69, 9.17) is 9.47 Å². The van der Waals surface area contributed by atoms with Crippen LogP contribution in [0.2, 0.25) is 0 Å². The van der Waals surface area contributed by atoms with Crippen LogP contribution in [0.15, 0.2) is 0 Å². The summed E-state index contributed by atoms with van der Waals surface area (Å²) in [6.07, 6.45) is 8.52. The highest BCUT2D eigenvalue weighted by molar-refractivity contribution is 5.69. The fourth-order valence-electron chi connectivity index (χ4n) is 2.19. The van der Waals surface area contributed by atoms with Gasteiger partial charge in [0, 0.05) is 13.0 Å². The van der Waals surface area contributed by atoms with Crippen molar-refractivity contribution in [1.82, 2.24) is 0 Å².